The number of rotatable bonds is 7. The minimum Gasteiger partial charge on any atom is -0.380 e. The number of hydrogen-bond donors (Lipinski definition) is 1. The van der Waals surface area contributed by atoms with Crippen molar-refractivity contribution in [3.63, 3.8) is 0 Å². The lowest BCUT2D eigenvalue weighted by atomic mass is 9.94. The van der Waals surface area contributed by atoms with Crippen molar-refractivity contribution in [2.24, 2.45) is 0 Å². The monoisotopic (exact) mass is 282 g/mol. The third-order valence-corrected chi connectivity index (χ3v) is 3.70. The molecule has 0 aliphatic rings. The fourth-order valence-electron chi connectivity index (χ4n) is 2.48. The molecule has 0 heterocycles. The molecule has 0 aliphatic heterocycles. The molecule has 2 nitrogen and oxygen atoms in total. The van der Waals surface area contributed by atoms with E-state index in [0.29, 0.717) is 11.1 Å². The molecule has 0 aromatic heterocycles. The molecule has 0 fully saturated rings. The Morgan fingerprint density at radius 1 is 1.00 bits per heavy atom. The van der Waals surface area contributed by atoms with E-state index in [2.05, 4.69) is 6.92 Å². The van der Waals surface area contributed by atoms with Gasteiger partial charge in [0.15, 0.2) is 5.78 Å². The average molecular weight is 282 g/mol. The van der Waals surface area contributed by atoms with Gasteiger partial charge >= 0.3 is 0 Å². The maximum absolute atomic E-state index is 12.5. The number of ketones is 1. The molecule has 0 radical (unpaired) electrons. The third-order valence-electron chi connectivity index (χ3n) is 3.70. The van der Waals surface area contributed by atoms with E-state index in [-0.39, 0.29) is 5.78 Å². The van der Waals surface area contributed by atoms with Crippen LogP contribution in [0.3, 0.4) is 0 Å². The van der Waals surface area contributed by atoms with Gasteiger partial charge in [0.2, 0.25) is 0 Å². The number of carbonyl (C=O) groups is 1. The molecular weight excluding hydrogens is 260 g/mol. The van der Waals surface area contributed by atoms with E-state index in [0.717, 1.165) is 31.2 Å². The van der Waals surface area contributed by atoms with Crippen molar-refractivity contribution in [2.45, 2.75) is 38.7 Å². The Kier molecular flexibility index (Phi) is 5.70. The van der Waals surface area contributed by atoms with Gasteiger partial charge in [-0.3, -0.25) is 4.79 Å². The molecule has 1 unspecified atom stereocenters. The summed E-state index contributed by atoms with van der Waals surface area (Å²) in [5.41, 5.74) is 2.32. The highest BCUT2D eigenvalue weighted by atomic mass is 16.3. The summed E-state index contributed by atoms with van der Waals surface area (Å²) in [6, 6.07) is 16.7. The fraction of sp³-hybridized carbons (Fsp3) is 0.316. The van der Waals surface area contributed by atoms with Gasteiger partial charge in [-0.05, 0) is 24.0 Å². The normalized spacial score (nSPS) is 12.1. The molecule has 21 heavy (non-hydrogen) atoms. The van der Waals surface area contributed by atoms with Crippen LogP contribution in [-0.2, 0) is 6.42 Å². The van der Waals surface area contributed by atoms with Crippen LogP contribution in [0.25, 0.3) is 0 Å². The fourth-order valence-corrected chi connectivity index (χ4v) is 2.48. The number of benzene rings is 2. The Hall–Kier alpha value is -1.93. The second-order valence-corrected chi connectivity index (χ2v) is 5.29. The van der Waals surface area contributed by atoms with Gasteiger partial charge in [-0.2, -0.15) is 0 Å². The number of aliphatic hydroxyl groups excluding tert-OH is 1. The van der Waals surface area contributed by atoms with Crippen molar-refractivity contribution < 1.29 is 9.90 Å². The highest BCUT2D eigenvalue weighted by Gasteiger charge is 2.20. The van der Waals surface area contributed by atoms with E-state index in [1.807, 2.05) is 42.5 Å². The van der Waals surface area contributed by atoms with E-state index in [9.17, 15) is 9.90 Å². The second-order valence-electron chi connectivity index (χ2n) is 5.29. The lowest BCUT2D eigenvalue weighted by molar-refractivity contribution is 0.0746. The van der Waals surface area contributed by atoms with Gasteiger partial charge in [0.05, 0.1) is 0 Å². The van der Waals surface area contributed by atoms with Crippen LogP contribution >= 0.6 is 0 Å². The van der Waals surface area contributed by atoms with Gasteiger partial charge in [0.1, 0.15) is 6.10 Å². The molecule has 2 aromatic carbocycles. The van der Waals surface area contributed by atoms with Crippen LogP contribution in [0, 0.1) is 0 Å². The smallest absolute Gasteiger partial charge is 0.196 e. The topological polar surface area (TPSA) is 37.3 Å². The van der Waals surface area contributed by atoms with E-state index in [1.165, 1.54) is 0 Å². The third kappa shape index (κ3) is 4.02. The number of aryl methyl sites for hydroxylation is 1. The number of carbonyl (C=O) groups excluding carboxylic acids is 1. The molecule has 2 heteroatoms. The number of hydrogen-bond acceptors (Lipinski definition) is 2. The molecule has 0 saturated heterocycles. The quantitative estimate of drug-likeness (QED) is 0.606. The van der Waals surface area contributed by atoms with Gasteiger partial charge in [0, 0.05) is 5.56 Å². The Bertz CT molecular complexity index is 575. The molecule has 0 bridgehead atoms. The predicted molar refractivity (Wildman–Crippen MR) is 85.4 cm³/mol. The van der Waals surface area contributed by atoms with Gasteiger partial charge in [-0.25, -0.2) is 0 Å². The lowest BCUT2D eigenvalue weighted by Crippen LogP contribution is -2.14. The zero-order valence-corrected chi connectivity index (χ0v) is 12.5. The first-order valence-electron chi connectivity index (χ1n) is 7.59. The van der Waals surface area contributed by atoms with E-state index in [4.69, 9.17) is 0 Å². The average Bonchev–Trinajstić information content (AvgIpc) is 2.55. The first kappa shape index (κ1) is 15.5. The van der Waals surface area contributed by atoms with Crippen LogP contribution in [-0.4, -0.2) is 10.9 Å². The standard InChI is InChI=1S/C19H22O2/c1-2-3-5-10-15-11-8-9-14-17(15)19(21)18(20)16-12-6-4-7-13-16/h4,6-9,11-14,18,20H,2-3,5,10H2,1H3. The highest BCUT2D eigenvalue weighted by molar-refractivity contribution is 6.01. The van der Waals surface area contributed by atoms with Crippen molar-refractivity contribution in [1.29, 1.82) is 0 Å². The Morgan fingerprint density at radius 2 is 1.67 bits per heavy atom. The van der Waals surface area contributed by atoms with Gasteiger partial charge in [-0.1, -0.05) is 74.4 Å². The highest BCUT2D eigenvalue weighted by Crippen LogP contribution is 2.21. The van der Waals surface area contributed by atoms with Crippen molar-refractivity contribution in [3.05, 3.63) is 71.3 Å². The summed E-state index contributed by atoms with van der Waals surface area (Å²) in [7, 11) is 0. The molecule has 0 saturated carbocycles. The van der Waals surface area contributed by atoms with Crippen LogP contribution in [0.5, 0.6) is 0 Å². The second kappa shape index (κ2) is 7.75. The molecule has 1 N–H and O–H groups in total. The van der Waals surface area contributed by atoms with Crippen LogP contribution in [0.15, 0.2) is 54.6 Å². The summed E-state index contributed by atoms with van der Waals surface area (Å²) in [4.78, 5) is 12.5. The first-order chi connectivity index (χ1) is 10.2. The van der Waals surface area contributed by atoms with E-state index < -0.39 is 6.10 Å². The summed E-state index contributed by atoms with van der Waals surface area (Å²) in [6.07, 6.45) is 3.19. The van der Waals surface area contributed by atoms with Crippen molar-refractivity contribution in [3.8, 4) is 0 Å². The van der Waals surface area contributed by atoms with Crippen molar-refractivity contribution >= 4 is 5.78 Å². The van der Waals surface area contributed by atoms with Gasteiger partial charge in [0.25, 0.3) is 0 Å². The van der Waals surface area contributed by atoms with Crippen LogP contribution in [0.4, 0.5) is 0 Å². The molecule has 110 valence electrons. The molecule has 0 aliphatic carbocycles. The summed E-state index contributed by atoms with van der Waals surface area (Å²) < 4.78 is 0. The zero-order valence-electron chi connectivity index (χ0n) is 12.5. The summed E-state index contributed by atoms with van der Waals surface area (Å²) in [5, 5.41) is 10.3. The summed E-state index contributed by atoms with van der Waals surface area (Å²) in [6.45, 7) is 2.16. The van der Waals surface area contributed by atoms with E-state index >= 15 is 0 Å². The van der Waals surface area contributed by atoms with Crippen molar-refractivity contribution in [2.75, 3.05) is 0 Å². The molecule has 0 amide bonds. The van der Waals surface area contributed by atoms with Gasteiger partial charge in [-0.15, -0.1) is 0 Å². The lowest BCUT2D eigenvalue weighted by Gasteiger charge is -2.13. The van der Waals surface area contributed by atoms with E-state index in [1.54, 1.807) is 12.1 Å². The molecular formula is C19H22O2. The Labute approximate surface area is 126 Å². The SMILES string of the molecule is CCCCCc1ccccc1C(=O)C(O)c1ccccc1. The minimum absolute atomic E-state index is 0.215. The molecule has 0 spiro atoms. The maximum atomic E-state index is 12.5. The van der Waals surface area contributed by atoms with Crippen LogP contribution in [0.2, 0.25) is 0 Å². The Morgan fingerprint density at radius 3 is 2.38 bits per heavy atom. The zero-order chi connectivity index (χ0) is 15.1. The van der Waals surface area contributed by atoms with Crippen LogP contribution in [0.1, 0.15) is 53.8 Å². The molecule has 1 atom stereocenters. The molecule has 2 aromatic rings. The van der Waals surface area contributed by atoms with Gasteiger partial charge < -0.3 is 5.11 Å². The number of aliphatic hydroxyl groups is 1. The summed E-state index contributed by atoms with van der Waals surface area (Å²) in [5.74, 6) is -0.215. The minimum atomic E-state index is -1.08. The largest absolute Gasteiger partial charge is 0.380 e. The predicted octanol–water partition coefficient (Wildman–Crippen LogP) is 4.34. The number of Topliss-reactive ketones (excluding diaryl/α,β-unsaturated/α-hetero) is 1. The number of unbranched alkanes of at least 4 members (excludes halogenated alkanes) is 2. The Balaban J connectivity index is 2.19. The molecule has 2 rings (SSSR count). The van der Waals surface area contributed by atoms with Crippen molar-refractivity contribution in [1.82, 2.24) is 0 Å². The van der Waals surface area contributed by atoms with Crippen LogP contribution < -0.4 is 0 Å². The first-order valence-corrected chi connectivity index (χ1v) is 7.59. The summed E-state index contributed by atoms with van der Waals surface area (Å²) >= 11 is 0. The maximum Gasteiger partial charge on any atom is 0.196 e.